The molecule has 122 valence electrons. The number of fused-ring (bicyclic) bond motifs is 3. The predicted molar refractivity (Wildman–Crippen MR) is 91.5 cm³/mol. The van der Waals surface area contributed by atoms with E-state index in [0.717, 1.165) is 15.8 Å². The molecule has 24 heavy (non-hydrogen) atoms. The second kappa shape index (κ2) is 4.92. The largest absolute Gasteiger partial charge is 0.332 e. The van der Waals surface area contributed by atoms with Crippen molar-refractivity contribution in [2.24, 2.45) is 19.2 Å². The van der Waals surface area contributed by atoms with Crippen molar-refractivity contribution in [3.8, 4) is 0 Å². The highest BCUT2D eigenvalue weighted by atomic mass is 16.2. The van der Waals surface area contributed by atoms with Crippen molar-refractivity contribution in [3.63, 3.8) is 0 Å². The number of hydrogen-bond donors (Lipinski definition) is 1. The molecule has 0 saturated heterocycles. The fraction of sp³-hybridized carbons (Fsp3) is 0.250. The number of imidazole rings is 1. The van der Waals surface area contributed by atoms with Crippen molar-refractivity contribution in [3.05, 3.63) is 56.7 Å². The third-order valence-corrected chi connectivity index (χ3v) is 4.42. The van der Waals surface area contributed by atoms with Crippen LogP contribution < -0.4 is 16.7 Å². The third kappa shape index (κ3) is 1.79. The second-order valence-corrected chi connectivity index (χ2v) is 5.83. The van der Waals surface area contributed by atoms with Crippen molar-refractivity contribution >= 4 is 22.8 Å². The summed E-state index contributed by atoms with van der Waals surface area (Å²) in [5.41, 5.74) is 4.64. The van der Waals surface area contributed by atoms with Gasteiger partial charge in [0.15, 0.2) is 11.2 Å². The Kier molecular flexibility index (Phi) is 2.96. The highest BCUT2D eigenvalue weighted by Gasteiger charge is 2.28. The van der Waals surface area contributed by atoms with Gasteiger partial charge in [0.2, 0.25) is 5.95 Å². The van der Waals surface area contributed by atoms with Gasteiger partial charge >= 0.3 is 5.69 Å². The lowest BCUT2D eigenvalue weighted by molar-refractivity contribution is 0.679. The van der Waals surface area contributed by atoms with Gasteiger partial charge in [0.05, 0.1) is 11.8 Å². The molecule has 0 aliphatic carbocycles. The number of nitrogens with one attached hydrogen (secondary N) is 1. The Morgan fingerprint density at radius 1 is 1.08 bits per heavy atom. The van der Waals surface area contributed by atoms with Gasteiger partial charge in [-0.05, 0) is 12.5 Å². The van der Waals surface area contributed by atoms with Crippen LogP contribution >= 0.6 is 0 Å². The molecule has 1 aliphatic rings. The maximum absolute atomic E-state index is 12.6. The standard InChI is InChI=1S/C16H16N6O2/c1-9-11(10-7-5-4-6-8-10)18-19-15-17-13-12(22(9)15)14(23)21(3)16(24)20(13)2/h4-9H,1-3H3,(H,17,19)/t9-/m0/s1. The summed E-state index contributed by atoms with van der Waals surface area (Å²) in [6.45, 7) is 1.96. The van der Waals surface area contributed by atoms with Crippen LogP contribution in [0.1, 0.15) is 18.5 Å². The minimum Gasteiger partial charge on any atom is -0.294 e. The highest BCUT2D eigenvalue weighted by Crippen LogP contribution is 2.28. The average Bonchev–Trinajstić information content (AvgIpc) is 3.00. The Morgan fingerprint density at radius 3 is 2.50 bits per heavy atom. The minimum atomic E-state index is -0.403. The molecule has 0 fully saturated rings. The van der Waals surface area contributed by atoms with Gasteiger partial charge in [-0.1, -0.05) is 30.3 Å². The quantitative estimate of drug-likeness (QED) is 0.718. The van der Waals surface area contributed by atoms with Crippen LogP contribution in [0.25, 0.3) is 11.2 Å². The van der Waals surface area contributed by atoms with Crippen molar-refractivity contribution in [2.45, 2.75) is 13.0 Å². The first kappa shape index (κ1) is 14.4. The first-order valence-corrected chi connectivity index (χ1v) is 7.57. The molecule has 3 heterocycles. The summed E-state index contributed by atoms with van der Waals surface area (Å²) in [4.78, 5) is 29.1. The molecule has 0 saturated carbocycles. The molecular formula is C16H16N6O2. The molecule has 0 amide bonds. The van der Waals surface area contributed by atoms with E-state index in [1.165, 1.54) is 11.6 Å². The SMILES string of the molecule is C[C@H]1C(c2ccccc2)=NNc2nc3c(c(=O)n(C)c(=O)n3C)n21. The Hall–Kier alpha value is -3.16. The number of rotatable bonds is 1. The number of hydrogen-bond acceptors (Lipinski definition) is 5. The van der Waals surface area contributed by atoms with Crippen LogP contribution in [0.3, 0.4) is 0 Å². The summed E-state index contributed by atoms with van der Waals surface area (Å²) in [6.07, 6.45) is 0. The Labute approximate surface area is 136 Å². The van der Waals surface area contributed by atoms with E-state index in [1.54, 1.807) is 11.6 Å². The lowest BCUT2D eigenvalue weighted by atomic mass is 10.0. The average molecular weight is 324 g/mol. The zero-order valence-corrected chi connectivity index (χ0v) is 13.5. The molecule has 8 heteroatoms. The van der Waals surface area contributed by atoms with Crippen LogP contribution in [0.5, 0.6) is 0 Å². The second-order valence-electron chi connectivity index (χ2n) is 5.83. The topological polar surface area (TPSA) is 86.2 Å². The highest BCUT2D eigenvalue weighted by molar-refractivity contribution is 6.05. The summed E-state index contributed by atoms with van der Waals surface area (Å²) in [7, 11) is 3.07. The molecule has 8 nitrogen and oxygen atoms in total. The molecule has 0 bridgehead atoms. The third-order valence-electron chi connectivity index (χ3n) is 4.42. The zero-order chi connectivity index (χ0) is 17.0. The van der Waals surface area contributed by atoms with Gasteiger partial charge in [-0.3, -0.25) is 18.5 Å². The number of aryl methyl sites for hydroxylation is 1. The van der Waals surface area contributed by atoms with E-state index in [4.69, 9.17) is 0 Å². The molecule has 1 aromatic carbocycles. The van der Waals surface area contributed by atoms with Crippen molar-refractivity contribution in [1.29, 1.82) is 0 Å². The molecular weight excluding hydrogens is 308 g/mol. The number of nitrogens with zero attached hydrogens (tertiary/aromatic N) is 5. The number of anilines is 1. The van der Waals surface area contributed by atoms with Gasteiger partial charge in [0, 0.05) is 14.1 Å². The first-order chi connectivity index (χ1) is 11.5. The lowest BCUT2D eigenvalue weighted by Gasteiger charge is -2.23. The van der Waals surface area contributed by atoms with E-state index < -0.39 is 5.69 Å². The number of hydrazone groups is 1. The van der Waals surface area contributed by atoms with E-state index in [1.807, 2.05) is 37.3 Å². The lowest BCUT2D eigenvalue weighted by Crippen LogP contribution is -2.38. The Morgan fingerprint density at radius 2 is 1.79 bits per heavy atom. The molecule has 1 aliphatic heterocycles. The fourth-order valence-corrected chi connectivity index (χ4v) is 3.11. The number of benzene rings is 1. The Balaban J connectivity index is 2.01. The van der Waals surface area contributed by atoms with Crippen LogP contribution in [0.4, 0.5) is 5.95 Å². The summed E-state index contributed by atoms with van der Waals surface area (Å²) < 4.78 is 4.27. The monoisotopic (exact) mass is 324 g/mol. The van der Waals surface area contributed by atoms with Crippen LogP contribution in [0.2, 0.25) is 0 Å². The fourth-order valence-electron chi connectivity index (χ4n) is 3.11. The summed E-state index contributed by atoms with van der Waals surface area (Å²) in [5, 5.41) is 4.41. The molecule has 0 spiro atoms. The minimum absolute atomic E-state index is 0.196. The van der Waals surface area contributed by atoms with Crippen LogP contribution in [0.15, 0.2) is 45.0 Å². The molecule has 3 aromatic rings. The predicted octanol–water partition coefficient (Wildman–Crippen LogP) is 0.825. The van der Waals surface area contributed by atoms with E-state index >= 15 is 0 Å². The maximum Gasteiger partial charge on any atom is 0.332 e. The zero-order valence-electron chi connectivity index (χ0n) is 13.5. The van der Waals surface area contributed by atoms with E-state index in [2.05, 4.69) is 15.5 Å². The van der Waals surface area contributed by atoms with Gasteiger partial charge in [0.25, 0.3) is 5.56 Å². The van der Waals surface area contributed by atoms with Crippen LogP contribution in [0, 0.1) is 0 Å². The molecule has 1 N–H and O–H groups in total. The van der Waals surface area contributed by atoms with Crippen molar-refractivity contribution < 1.29 is 0 Å². The smallest absolute Gasteiger partial charge is 0.294 e. The van der Waals surface area contributed by atoms with E-state index in [9.17, 15) is 9.59 Å². The number of aromatic nitrogens is 4. The van der Waals surface area contributed by atoms with Crippen LogP contribution in [-0.4, -0.2) is 24.4 Å². The molecule has 4 rings (SSSR count). The molecule has 1 atom stereocenters. The molecule has 2 aromatic heterocycles. The first-order valence-electron chi connectivity index (χ1n) is 7.57. The van der Waals surface area contributed by atoms with Crippen molar-refractivity contribution in [1.82, 2.24) is 18.7 Å². The van der Waals surface area contributed by atoms with Gasteiger partial charge in [-0.15, -0.1) is 0 Å². The van der Waals surface area contributed by atoms with Gasteiger partial charge in [0.1, 0.15) is 0 Å². The normalized spacial score (nSPS) is 16.6. The van der Waals surface area contributed by atoms with Crippen molar-refractivity contribution in [2.75, 3.05) is 5.43 Å². The maximum atomic E-state index is 12.6. The van der Waals surface area contributed by atoms with E-state index in [0.29, 0.717) is 17.1 Å². The summed E-state index contributed by atoms with van der Waals surface area (Å²) in [6, 6.07) is 9.56. The molecule has 0 radical (unpaired) electrons. The van der Waals surface area contributed by atoms with Gasteiger partial charge < -0.3 is 0 Å². The van der Waals surface area contributed by atoms with E-state index in [-0.39, 0.29) is 11.6 Å². The van der Waals surface area contributed by atoms with Gasteiger partial charge in [-0.2, -0.15) is 10.1 Å². The van der Waals surface area contributed by atoms with Gasteiger partial charge in [-0.25, -0.2) is 10.2 Å². The summed E-state index contributed by atoms with van der Waals surface area (Å²) in [5.74, 6) is 0.454. The Bertz CT molecular complexity index is 1100. The van der Waals surface area contributed by atoms with Crippen LogP contribution in [-0.2, 0) is 14.1 Å². The molecule has 0 unspecified atom stereocenters. The summed E-state index contributed by atoms with van der Waals surface area (Å²) >= 11 is 0.